The quantitative estimate of drug-likeness (QED) is 0.589. The van der Waals surface area contributed by atoms with Gasteiger partial charge in [-0.1, -0.05) is 40.5 Å². The van der Waals surface area contributed by atoms with Gasteiger partial charge in [0.05, 0.1) is 6.10 Å². The van der Waals surface area contributed by atoms with Crippen LogP contribution in [-0.2, 0) is 0 Å². The topological polar surface area (TPSA) is 20.2 Å². The van der Waals surface area contributed by atoms with E-state index < -0.39 is 0 Å². The van der Waals surface area contributed by atoms with Gasteiger partial charge in [0, 0.05) is 0 Å². The number of rotatable bonds is 2. The molecule has 0 saturated heterocycles. The predicted octanol–water partition coefficient (Wildman–Crippen LogP) is 6.69. The van der Waals surface area contributed by atoms with Crippen molar-refractivity contribution in [2.24, 2.45) is 46.8 Å². The first kappa shape index (κ1) is 19.7. The van der Waals surface area contributed by atoms with Crippen LogP contribution in [0.4, 0.5) is 0 Å². The van der Waals surface area contributed by atoms with Crippen molar-refractivity contribution >= 4 is 0 Å². The van der Waals surface area contributed by atoms with E-state index in [9.17, 15) is 5.11 Å². The fourth-order valence-electron chi connectivity index (χ4n) is 8.15. The first-order valence-electron chi connectivity index (χ1n) is 11.7. The van der Waals surface area contributed by atoms with Gasteiger partial charge in [0.25, 0.3) is 0 Å². The van der Waals surface area contributed by atoms with Crippen molar-refractivity contribution in [1.82, 2.24) is 0 Å². The second-order valence-electron chi connectivity index (χ2n) is 9.99. The molecule has 0 heterocycles. The van der Waals surface area contributed by atoms with Crippen LogP contribution in [0, 0.1) is 46.8 Å². The third-order valence-electron chi connectivity index (χ3n) is 9.30. The molecule has 0 amide bonds. The van der Waals surface area contributed by atoms with E-state index >= 15 is 0 Å². The van der Waals surface area contributed by atoms with Gasteiger partial charge in [-0.05, 0) is 105 Å². The zero-order valence-corrected chi connectivity index (χ0v) is 17.6. The Morgan fingerprint density at radius 1 is 0.920 bits per heavy atom. The number of aliphatic hydroxyl groups excluding tert-OH is 1. The molecule has 4 aliphatic rings. The molecule has 9 atom stereocenters. The molecule has 0 aromatic heterocycles. The first-order chi connectivity index (χ1) is 12.0. The van der Waals surface area contributed by atoms with Crippen molar-refractivity contribution in [3.63, 3.8) is 0 Å². The normalized spacial score (nSPS) is 49.9. The lowest BCUT2D eigenvalue weighted by Gasteiger charge is -2.56. The molecule has 4 aliphatic carbocycles. The molecule has 25 heavy (non-hydrogen) atoms. The third-order valence-corrected chi connectivity index (χ3v) is 9.30. The monoisotopic (exact) mass is 348 g/mol. The SMILES string of the molecule is CC.CC[C@H]1CCC2C(CCC3C2CCC2(C)C(C(C)O)CCC32)C1. The summed E-state index contributed by atoms with van der Waals surface area (Å²) in [6.07, 6.45) is 14.5. The molecule has 0 radical (unpaired) electrons. The molecule has 8 unspecified atom stereocenters. The Balaban J connectivity index is 0.000000880. The van der Waals surface area contributed by atoms with Crippen molar-refractivity contribution in [1.29, 1.82) is 0 Å². The average Bonchev–Trinajstić information content (AvgIpc) is 3.00. The van der Waals surface area contributed by atoms with E-state index in [1.807, 2.05) is 20.8 Å². The molecule has 0 aromatic rings. The maximum Gasteiger partial charge on any atom is 0.0545 e. The van der Waals surface area contributed by atoms with Gasteiger partial charge < -0.3 is 5.11 Å². The molecule has 0 spiro atoms. The zero-order valence-electron chi connectivity index (χ0n) is 17.6. The third kappa shape index (κ3) is 3.32. The van der Waals surface area contributed by atoms with Crippen molar-refractivity contribution in [3.8, 4) is 0 Å². The second-order valence-corrected chi connectivity index (χ2v) is 9.99. The Morgan fingerprint density at radius 3 is 2.32 bits per heavy atom. The predicted molar refractivity (Wildman–Crippen MR) is 107 cm³/mol. The molecule has 0 aliphatic heterocycles. The van der Waals surface area contributed by atoms with E-state index in [1.165, 1.54) is 57.8 Å². The summed E-state index contributed by atoms with van der Waals surface area (Å²) in [6.45, 7) is 11.0. The number of aliphatic hydroxyl groups is 1. The van der Waals surface area contributed by atoms with Crippen molar-refractivity contribution in [2.45, 2.75) is 105 Å². The second kappa shape index (κ2) is 7.91. The van der Waals surface area contributed by atoms with Crippen molar-refractivity contribution in [3.05, 3.63) is 0 Å². The van der Waals surface area contributed by atoms with E-state index in [4.69, 9.17) is 0 Å². The van der Waals surface area contributed by atoms with Crippen LogP contribution < -0.4 is 0 Å². The minimum Gasteiger partial charge on any atom is -0.393 e. The van der Waals surface area contributed by atoms with Crippen LogP contribution in [0.15, 0.2) is 0 Å². The van der Waals surface area contributed by atoms with E-state index in [0.717, 1.165) is 35.5 Å². The molecule has 146 valence electrons. The Labute approximate surface area is 157 Å². The van der Waals surface area contributed by atoms with Crippen LogP contribution in [0.3, 0.4) is 0 Å². The Morgan fingerprint density at radius 2 is 1.64 bits per heavy atom. The number of hydrogen-bond donors (Lipinski definition) is 1. The fourth-order valence-corrected chi connectivity index (χ4v) is 8.15. The first-order valence-corrected chi connectivity index (χ1v) is 11.7. The minimum absolute atomic E-state index is 0.0992. The van der Waals surface area contributed by atoms with Crippen LogP contribution in [0.25, 0.3) is 0 Å². The molecule has 1 heteroatoms. The smallest absolute Gasteiger partial charge is 0.0545 e. The summed E-state index contributed by atoms with van der Waals surface area (Å²) in [4.78, 5) is 0. The largest absolute Gasteiger partial charge is 0.393 e. The Hall–Kier alpha value is -0.0400. The molecule has 4 saturated carbocycles. The van der Waals surface area contributed by atoms with Gasteiger partial charge in [-0.2, -0.15) is 0 Å². The highest BCUT2D eigenvalue weighted by Gasteiger charge is 2.57. The van der Waals surface area contributed by atoms with Gasteiger partial charge in [0.15, 0.2) is 0 Å². The van der Waals surface area contributed by atoms with Crippen molar-refractivity contribution in [2.75, 3.05) is 0 Å². The average molecular weight is 349 g/mol. The summed E-state index contributed by atoms with van der Waals surface area (Å²) < 4.78 is 0. The van der Waals surface area contributed by atoms with Crippen molar-refractivity contribution < 1.29 is 5.11 Å². The Bertz CT molecular complexity index is 430. The molecule has 1 nitrogen and oxygen atoms in total. The van der Waals surface area contributed by atoms with E-state index in [-0.39, 0.29) is 6.10 Å². The molecule has 0 aromatic carbocycles. The van der Waals surface area contributed by atoms with Gasteiger partial charge >= 0.3 is 0 Å². The lowest BCUT2D eigenvalue weighted by Crippen LogP contribution is -2.49. The van der Waals surface area contributed by atoms with E-state index in [0.29, 0.717) is 11.3 Å². The van der Waals surface area contributed by atoms with Crippen LogP contribution in [-0.4, -0.2) is 11.2 Å². The van der Waals surface area contributed by atoms with Gasteiger partial charge in [-0.15, -0.1) is 0 Å². The van der Waals surface area contributed by atoms with Gasteiger partial charge in [-0.25, -0.2) is 0 Å². The summed E-state index contributed by atoms with van der Waals surface area (Å²) in [6, 6.07) is 0. The minimum atomic E-state index is -0.0992. The van der Waals surface area contributed by atoms with Crippen LogP contribution in [0.1, 0.15) is 98.8 Å². The molecule has 1 N–H and O–H groups in total. The summed E-state index contributed by atoms with van der Waals surface area (Å²) in [5.74, 6) is 6.69. The van der Waals surface area contributed by atoms with Crippen LogP contribution in [0.2, 0.25) is 0 Å². The molecular weight excluding hydrogens is 304 g/mol. The standard InChI is InChI=1S/C22H38O.C2H6/c1-4-15-5-7-17-16(13-15)6-8-19-18(17)11-12-22(3)20(14(2)23)9-10-21(19)22;1-2/h14-21,23H,4-13H2,1-3H3;1-2H3/t14?,15-,16?,17?,18?,19?,20?,21?,22?;/m0./s1. The maximum atomic E-state index is 10.3. The molecule has 0 bridgehead atoms. The van der Waals surface area contributed by atoms with Gasteiger partial charge in [0.1, 0.15) is 0 Å². The lowest BCUT2D eigenvalue weighted by molar-refractivity contribution is -0.0821. The highest BCUT2D eigenvalue weighted by atomic mass is 16.3. The highest BCUT2D eigenvalue weighted by Crippen LogP contribution is 2.64. The highest BCUT2D eigenvalue weighted by molar-refractivity contribution is 5.06. The zero-order chi connectivity index (χ0) is 18.2. The molecule has 4 fully saturated rings. The lowest BCUT2D eigenvalue weighted by atomic mass is 9.49. The Kier molecular flexibility index (Phi) is 6.24. The maximum absolute atomic E-state index is 10.3. The van der Waals surface area contributed by atoms with E-state index in [2.05, 4.69) is 13.8 Å². The van der Waals surface area contributed by atoms with Gasteiger partial charge in [-0.3, -0.25) is 0 Å². The summed E-state index contributed by atoms with van der Waals surface area (Å²) in [5.41, 5.74) is 0.447. The number of hydrogen-bond acceptors (Lipinski definition) is 1. The van der Waals surface area contributed by atoms with Gasteiger partial charge in [0.2, 0.25) is 0 Å². The molecule has 4 rings (SSSR count). The summed E-state index contributed by atoms with van der Waals surface area (Å²) in [7, 11) is 0. The summed E-state index contributed by atoms with van der Waals surface area (Å²) >= 11 is 0. The fraction of sp³-hybridized carbons (Fsp3) is 1.00. The number of fused-ring (bicyclic) bond motifs is 5. The van der Waals surface area contributed by atoms with E-state index in [1.54, 1.807) is 6.42 Å². The molecular formula is C24H44O. The van der Waals surface area contributed by atoms with Crippen LogP contribution >= 0.6 is 0 Å². The summed E-state index contributed by atoms with van der Waals surface area (Å²) in [5, 5.41) is 10.3. The van der Waals surface area contributed by atoms with Crippen LogP contribution in [0.5, 0.6) is 0 Å².